The molecule has 0 aliphatic carbocycles. The molecule has 0 saturated heterocycles. The van der Waals surface area contributed by atoms with E-state index in [9.17, 15) is 4.79 Å². The zero-order chi connectivity index (χ0) is 19.0. The molecule has 0 rings (SSSR count). The van der Waals surface area contributed by atoms with E-state index in [-0.39, 0.29) is 12.5 Å². The van der Waals surface area contributed by atoms with Crippen molar-refractivity contribution in [1.82, 2.24) is 0 Å². The van der Waals surface area contributed by atoms with Gasteiger partial charge in [-0.2, -0.15) is 0 Å². The van der Waals surface area contributed by atoms with Crippen LogP contribution in [0.25, 0.3) is 0 Å². The molecule has 4 nitrogen and oxygen atoms in total. The number of carboxylic acid groups (broad SMARTS) is 1. The van der Waals surface area contributed by atoms with E-state index in [4.69, 9.17) is 9.84 Å². The third kappa shape index (κ3) is 19.3. The molecule has 0 aliphatic rings. The molecule has 0 aliphatic heterocycles. The van der Waals surface area contributed by atoms with Crippen molar-refractivity contribution >= 4 is 5.97 Å². The fourth-order valence-corrected chi connectivity index (χ4v) is 2.87. The Labute approximate surface area is 155 Å². The molecule has 0 bridgehead atoms. The largest absolute Gasteiger partial charge is 0.481 e. The van der Waals surface area contributed by atoms with Crippen LogP contribution in [0.3, 0.4) is 0 Å². The first kappa shape index (κ1) is 24.1. The Morgan fingerprint density at radius 3 is 2.08 bits per heavy atom. The summed E-state index contributed by atoms with van der Waals surface area (Å²) in [4.78, 5) is 10.9. The second-order valence-corrected chi connectivity index (χ2v) is 8.09. The lowest BCUT2D eigenvalue weighted by Gasteiger charge is -2.28. The summed E-state index contributed by atoms with van der Waals surface area (Å²) in [5.41, 5.74) is 0. The van der Waals surface area contributed by atoms with Crippen LogP contribution in [0.4, 0.5) is 0 Å². The van der Waals surface area contributed by atoms with Crippen LogP contribution in [0.15, 0.2) is 12.2 Å². The molecule has 0 heterocycles. The van der Waals surface area contributed by atoms with E-state index in [0.29, 0.717) is 6.61 Å². The van der Waals surface area contributed by atoms with Gasteiger partial charge in [0.15, 0.2) is 0 Å². The fraction of sp³-hybridized carbons (Fsp3) is 0.857. The first-order chi connectivity index (χ1) is 11.8. The lowest BCUT2D eigenvalue weighted by atomic mass is 10.1. The predicted molar refractivity (Wildman–Crippen MR) is 106 cm³/mol. The summed E-state index contributed by atoms with van der Waals surface area (Å²) in [5, 5.41) is 8.99. The Morgan fingerprint density at radius 2 is 1.52 bits per heavy atom. The van der Waals surface area contributed by atoms with E-state index in [2.05, 4.69) is 40.2 Å². The number of quaternary nitrogens is 1. The van der Waals surface area contributed by atoms with Crippen molar-refractivity contribution in [3.8, 4) is 0 Å². The highest BCUT2D eigenvalue weighted by atomic mass is 16.5. The Hall–Kier alpha value is -0.870. The molecule has 0 aromatic heterocycles. The molecule has 0 amide bonds. The van der Waals surface area contributed by atoms with E-state index in [0.717, 1.165) is 30.3 Å². The Bertz CT molecular complexity index is 348. The monoisotopic (exact) mass is 356 g/mol. The second-order valence-electron chi connectivity index (χ2n) is 8.09. The number of aliphatic carboxylic acids is 1. The lowest BCUT2D eigenvalue weighted by Crippen LogP contribution is -2.43. The van der Waals surface area contributed by atoms with Gasteiger partial charge in [-0.25, -0.2) is 0 Å². The second kappa shape index (κ2) is 15.4. The van der Waals surface area contributed by atoms with E-state index >= 15 is 0 Å². The lowest BCUT2D eigenvalue weighted by molar-refractivity contribution is -0.873. The number of nitrogens with zero attached hydrogens (tertiary/aromatic N) is 1. The maximum absolute atomic E-state index is 10.9. The van der Waals surface area contributed by atoms with Gasteiger partial charge < -0.3 is 14.3 Å². The van der Waals surface area contributed by atoms with Gasteiger partial charge in [0.1, 0.15) is 12.6 Å². The summed E-state index contributed by atoms with van der Waals surface area (Å²) in [6.45, 7) is 3.64. The molecule has 25 heavy (non-hydrogen) atoms. The quantitative estimate of drug-likeness (QED) is 0.226. The van der Waals surface area contributed by atoms with Crippen molar-refractivity contribution in [1.29, 1.82) is 0 Å². The molecule has 0 saturated carbocycles. The average molecular weight is 357 g/mol. The molecule has 4 heteroatoms. The summed E-state index contributed by atoms with van der Waals surface area (Å²) in [6, 6.07) is 0. The summed E-state index contributed by atoms with van der Waals surface area (Å²) >= 11 is 0. The van der Waals surface area contributed by atoms with E-state index in [1.807, 2.05) is 0 Å². The van der Waals surface area contributed by atoms with Crippen molar-refractivity contribution < 1.29 is 19.1 Å². The molecule has 148 valence electrons. The van der Waals surface area contributed by atoms with Gasteiger partial charge in [0.05, 0.1) is 27.6 Å². The van der Waals surface area contributed by atoms with Crippen LogP contribution < -0.4 is 0 Å². The molecular formula is C21H42NO3+. The van der Waals surface area contributed by atoms with Gasteiger partial charge in [-0.15, -0.1) is 0 Å². The maximum atomic E-state index is 10.9. The first-order valence-electron chi connectivity index (χ1n) is 10.1. The van der Waals surface area contributed by atoms with Crippen LogP contribution in [0.2, 0.25) is 0 Å². The van der Waals surface area contributed by atoms with Gasteiger partial charge >= 0.3 is 5.97 Å². The van der Waals surface area contributed by atoms with Crippen LogP contribution in [-0.4, -0.2) is 56.0 Å². The highest BCUT2D eigenvalue weighted by molar-refractivity contribution is 5.67. The minimum Gasteiger partial charge on any atom is -0.481 e. The standard InChI is InChI=1S/C21H41NO3/c1-5-6-7-8-9-10-11-12-13-14-15-16-17-25-20(18-21(23)24)19-22(2,3)4/h12-13,20H,5-11,14-19H2,1-4H3/p+1/b13-12-. The molecule has 0 spiro atoms. The van der Waals surface area contributed by atoms with E-state index in [1.165, 1.54) is 44.9 Å². The Morgan fingerprint density at radius 1 is 0.960 bits per heavy atom. The highest BCUT2D eigenvalue weighted by Gasteiger charge is 2.21. The average Bonchev–Trinajstić information content (AvgIpc) is 2.49. The number of unbranched alkanes of at least 4 members (excludes halogenated alkanes) is 8. The Kier molecular flexibility index (Phi) is 14.9. The van der Waals surface area contributed by atoms with Crippen molar-refractivity contribution in [2.45, 2.75) is 83.7 Å². The number of carboxylic acids is 1. The molecule has 0 radical (unpaired) electrons. The van der Waals surface area contributed by atoms with Crippen LogP contribution in [0.1, 0.15) is 77.6 Å². The number of rotatable bonds is 17. The van der Waals surface area contributed by atoms with Gasteiger partial charge in [-0.3, -0.25) is 4.79 Å². The third-order valence-corrected chi connectivity index (χ3v) is 4.16. The number of carbonyl (C=O) groups is 1. The van der Waals surface area contributed by atoms with Gasteiger partial charge in [-0.05, 0) is 32.1 Å². The smallest absolute Gasteiger partial charge is 0.306 e. The Balaban J connectivity index is 3.61. The minimum atomic E-state index is -0.781. The molecule has 1 N–H and O–H groups in total. The normalized spacial score (nSPS) is 13.4. The van der Waals surface area contributed by atoms with E-state index in [1.54, 1.807) is 0 Å². The molecule has 0 aromatic carbocycles. The number of hydrogen-bond acceptors (Lipinski definition) is 2. The van der Waals surface area contributed by atoms with Gasteiger partial charge in [0.2, 0.25) is 0 Å². The zero-order valence-electron chi connectivity index (χ0n) is 17.1. The van der Waals surface area contributed by atoms with Crippen molar-refractivity contribution in [2.75, 3.05) is 34.3 Å². The third-order valence-electron chi connectivity index (χ3n) is 4.16. The summed E-state index contributed by atoms with van der Waals surface area (Å²) in [5.74, 6) is -0.781. The topological polar surface area (TPSA) is 46.5 Å². The molecule has 1 atom stereocenters. The number of ether oxygens (including phenoxy) is 1. The molecule has 1 unspecified atom stereocenters. The minimum absolute atomic E-state index is 0.0910. The van der Waals surface area contributed by atoms with Gasteiger partial charge in [0, 0.05) is 6.61 Å². The summed E-state index contributed by atoms with van der Waals surface area (Å²) in [6.07, 6.45) is 17.0. The number of hydrogen-bond donors (Lipinski definition) is 1. The number of allylic oxidation sites excluding steroid dienone is 2. The molecule has 0 aromatic rings. The molecule has 0 fully saturated rings. The number of likely N-dealkylation sites (N-methyl/N-ethyl adjacent to an activating group) is 1. The van der Waals surface area contributed by atoms with Crippen molar-refractivity contribution in [3.05, 3.63) is 12.2 Å². The van der Waals surface area contributed by atoms with Crippen LogP contribution in [0.5, 0.6) is 0 Å². The SMILES string of the molecule is CCCCCCCC/C=C\CCCCOC(CC(=O)O)C[N+](C)(C)C. The predicted octanol–water partition coefficient (Wildman–Crippen LogP) is 5.03. The van der Waals surface area contributed by atoms with Gasteiger partial charge in [0.25, 0.3) is 0 Å². The summed E-state index contributed by atoms with van der Waals surface area (Å²) in [7, 11) is 6.19. The molecular weight excluding hydrogens is 314 g/mol. The fourth-order valence-electron chi connectivity index (χ4n) is 2.87. The van der Waals surface area contributed by atoms with Crippen LogP contribution in [-0.2, 0) is 9.53 Å². The van der Waals surface area contributed by atoms with Crippen molar-refractivity contribution in [2.24, 2.45) is 0 Å². The highest BCUT2D eigenvalue weighted by Crippen LogP contribution is 2.09. The van der Waals surface area contributed by atoms with Crippen LogP contribution in [0, 0.1) is 0 Å². The van der Waals surface area contributed by atoms with Gasteiger partial charge in [-0.1, -0.05) is 51.2 Å². The maximum Gasteiger partial charge on any atom is 0.306 e. The first-order valence-corrected chi connectivity index (χ1v) is 10.1. The zero-order valence-corrected chi connectivity index (χ0v) is 17.1. The van der Waals surface area contributed by atoms with E-state index < -0.39 is 5.97 Å². The van der Waals surface area contributed by atoms with Crippen molar-refractivity contribution in [3.63, 3.8) is 0 Å². The summed E-state index contributed by atoms with van der Waals surface area (Å²) < 4.78 is 6.52. The van der Waals surface area contributed by atoms with Crippen LogP contribution >= 0.6 is 0 Å².